The van der Waals surface area contributed by atoms with Crippen LogP contribution in [-0.2, 0) is 32.9 Å². The molecule has 0 aliphatic rings. The molecule has 3 aromatic heterocycles. The third kappa shape index (κ3) is 10.6. The average Bonchev–Trinajstić information content (AvgIpc) is 3.85. The van der Waals surface area contributed by atoms with Crippen molar-refractivity contribution < 1.29 is 41.0 Å². The molecule has 0 aliphatic heterocycles. The van der Waals surface area contributed by atoms with E-state index >= 15 is 0 Å². The van der Waals surface area contributed by atoms with Crippen LogP contribution in [0.25, 0.3) is 77.8 Å². The molecule has 9 rings (SSSR count). The zero-order valence-electron chi connectivity index (χ0n) is 49.1. The summed E-state index contributed by atoms with van der Waals surface area (Å²) in [4.78, 5) is 8.94. The maximum atomic E-state index is 10.2. The Hall–Kier alpha value is -6.44. The van der Waals surface area contributed by atoms with Crippen LogP contribution < -0.4 is 0 Å². The number of nitrogens with zero attached hydrogens (tertiary/aromatic N) is 3. The Bertz CT molecular complexity index is 3640. The molecule has 0 aliphatic carbocycles. The van der Waals surface area contributed by atoms with Crippen LogP contribution >= 0.6 is 0 Å². The molecule has 0 saturated carbocycles. The van der Waals surface area contributed by atoms with E-state index in [0.717, 1.165) is 22.1 Å². The molecule has 4 nitrogen and oxygen atoms in total. The third-order valence-electron chi connectivity index (χ3n) is 10.6. The van der Waals surface area contributed by atoms with Gasteiger partial charge in [-0.15, -0.1) is 47.5 Å². The van der Waals surface area contributed by atoms with E-state index in [1.165, 1.54) is 18.3 Å². The molecule has 0 atom stereocenters. The molecule has 0 amide bonds. The molecule has 9 aromatic rings. The summed E-state index contributed by atoms with van der Waals surface area (Å²) in [6.07, 6.45) is 1.78. The minimum atomic E-state index is -2.64. The Labute approximate surface area is 415 Å². The Morgan fingerprint density at radius 2 is 1.34 bits per heavy atom. The molecule has 0 fully saturated rings. The quantitative estimate of drug-likeness (QED) is 0.149. The van der Waals surface area contributed by atoms with Crippen LogP contribution in [0.15, 0.2) is 150 Å². The zero-order valence-corrected chi connectivity index (χ0v) is 39.5. The number of fused-ring (bicyclic) bond motifs is 3. The monoisotopic (exact) mass is 1040 g/mol. The summed E-state index contributed by atoms with van der Waals surface area (Å²) in [5.74, 6) is 0. The van der Waals surface area contributed by atoms with Crippen LogP contribution in [0.2, 0.25) is 0 Å². The predicted octanol–water partition coefficient (Wildman–Crippen LogP) is 16.0. The normalized spacial score (nSPS) is 15.0. The Morgan fingerprint density at radius 1 is 0.646 bits per heavy atom. The summed E-state index contributed by atoms with van der Waals surface area (Å²) in [6, 6.07) is 46.2. The van der Waals surface area contributed by atoms with Crippen LogP contribution in [0.3, 0.4) is 0 Å². The second kappa shape index (κ2) is 19.3. The molecule has 1 radical (unpaired) electrons. The van der Waals surface area contributed by atoms with Gasteiger partial charge in [0.1, 0.15) is 17.2 Å². The van der Waals surface area contributed by atoms with Gasteiger partial charge in [-0.05, 0) is 93.2 Å². The van der Waals surface area contributed by atoms with Crippen molar-refractivity contribution in [2.75, 3.05) is 0 Å². The van der Waals surface area contributed by atoms with Gasteiger partial charge >= 0.3 is 0 Å². The summed E-state index contributed by atoms with van der Waals surface area (Å²) in [6.45, 7) is 4.13. The van der Waals surface area contributed by atoms with Gasteiger partial charge in [0.25, 0.3) is 0 Å². The van der Waals surface area contributed by atoms with Gasteiger partial charge in [-0.2, -0.15) is 5.26 Å². The van der Waals surface area contributed by atoms with E-state index in [4.69, 9.17) is 20.9 Å². The topological polar surface area (TPSA) is 62.7 Å². The van der Waals surface area contributed by atoms with Crippen LogP contribution in [0.5, 0.6) is 0 Å². The fraction of sp³-hybridized carbons (Fsp3) is 0.217. The smallest absolute Gasteiger partial charge is 0.139 e. The van der Waals surface area contributed by atoms with Gasteiger partial charge < -0.3 is 14.4 Å². The molecule has 0 N–H and O–H groups in total. The second-order valence-corrected chi connectivity index (χ2v) is 18.0. The van der Waals surface area contributed by atoms with E-state index in [-0.39, 0.29) is 65.1 Å². The molecular formula is C60H55IrN3O-2. The molecule has 0 saturated heterocycles. The first-order chi connectivity index (χ1) is 35.5. The van der Waals surface area contributed by atoms with Gasteiger partial charge in [-0.25, -0.2) is 0 Å². The number of rotatable bonds is 7. The molecular weight excluding hydrogens is 971 g/mol. The maximum absolute atomic E-state index is 10.2. The van der Waals surface area contributed by atoms with E-state index in [0.29, 0.717) is 62.0 Å². The van der Waals surface area contributed by atoms with Crippen LogP contribution in [0.1, 0.15) is 91.4 Å². The van der Waals surface area contributed by atoms with Crippen LogP contribution in [0, 0.1) is 54.8 Å². The fourth-order valence-corrected chi connectivity index (χ4v) is 7.80. The third-order valence-corrected chi connectivity index (χ3v) is 10.6. The number of aromatic nitrogens is 2. The van der Waals surface area contributed by atoms with Gasteiger partial charge in [0.2, 0.25) is 0 Å². The molecule has 6 aromatic carbocycles. The van der Waals surface area contributed by atoms with Crippen molar-refractivity contribution in [2.24, 2.45) is 10.8 Å². The number of aryl methyl sites for hydroxylation is 3. The van der Waals surface area contributed by atoms with Crippen molar-refractivity contribution in [3.05, 3.63) is 191 Å². The van der Waals surface area contributed by atoms with E-state index in [9.17, 15) is 5.26 Å². The fourth-order valence-electron chi connectivity index (χ4n) is 7.80. The minimum absolute atomic E-state index is 0. The Morgan fingerprint density at radius 3 is 1.98 bits per heavy atom. The summed E-state index contributed by atoms with van der Waals surface area (Å²) in [5, 5.41) is 11.6. The van der Waals surface area contributed by atoms with Gasteiger partial charge in [0.15, 0.2) is 0 Å². The van der Waals surface area contributed by atoms with E-state index < -0.39 is 32.3 Å². The van der Waals surface area contributed by atoms with E-state index in [2.05, 4.69) is 28.2 Å². The molecule has 5 heteroatoms. The number of furan rings is 1. The first kappa shape index (κ1) is 33.1. The van der Waals surface area contributed by atoms with Crippen molar-refractivity contribution in [2.45, 2.75) is 74.9 Å². The van der Waals surface area contributed by atoms with Crippen LogP contribution in [-0.4, -0.2) is 9.97 Å². The van der Waals surface area contributed by atoms with Crippen molar-refractivity contribution in [3.8, 4) is 62.0 Å². The maximum Gasteiger partial charge on any atom is 0.139 e. The van der Waals surface area contributed by atoms with Crippen molar-refractivity contribution in [1.29, 1.82) is 5.26 Å². The molecule has 327 valence electrons. The summed E-state index contributed by atoms with van der Waals surface area (Å²) < 4.78 is 106. The number of nitriles is 1. The molecule has 0 spiro atoms. The second-order valence-electron chi connectivity index (χ2n) is 18.0. The van der Waals surface area contributed by atoms with Gasteiger partial charge in [-0.1, -0.05) is 174 Å². The SMILES string of the molecule is [2H]C([2H])([2H])c1c[c-]c(-c2ccc(C([2H])([2H])C(C)(C)C)cn2)cc1-c1ccccc1.[2H]c1cc(CC(C)(C)C)cc(C([2H])([2H])[2H])c1-c1cc(-c2[c-]ccc3c2oc2c(C#N)c(-c4ccccc4)ccc23)ncc1C([2H])([2H])[2H].[Ir]. The molecule has 3 heterocycles. The first-order valence-electron chi connectivity index (χ1n) is 27.1. The number of hydrogen-bond donors (Lipinski definition) is 0. The predicted molar refractivity (Wildman–Crippen MR) is 266 cm³/mol. The molecule has 65 heavy (non-hydrogen) atoms. The largest absolute Gasteiger partial charge is 0.499 e. The van der Waals surface area contributed by atoms with Crippen molar-refractivity contribution in [1.82, 2.24) is 9.97 Å². The van der Waals surface area contributed by atoms with E-state index in [1.807, 2.05) is 120 Å². The number of pyridine rings is 2. The van der Waals surface area contributed by atoms with Crippen LogP contribution in [0.4, 0.5) is 0 Å². The average molecular weight is 1040 g/mol. The zero-order chi connectivity index (χ0) is 55.3. The summed E-state index contributed by atoms with van der Waals surface area (Å²) in [5.41, 5.74) is 6.73. The van der Waals surface area contributed by atoms with Gasteiger partial charge in [-0.3, -0.25) is 0 Å². The van der Waals surface area contributed by atoms with Gasteiger partial charge in [0.05, 0.1) is 6.95 Å². The minimum Gasteiger partial charge on any atom is -0.499 e. The molecule has 0 unspecified atom stereocenters. The summed E-state index contributed by atoms with van der Waals surface area (Å²) >= 11 is 0. The number of hydrogen-bond acceptors (Lipinski definition) is 4. The first-order valence-corrected chi connectivity index (χ1v) is 21.1. The Balaban J connectivity index is 0.000000247. The van der Waals surface area contributed by atoms with Crippen molar-refractivity contribution in [3.63, 3.8) is 0 Å². The standard InChI is InChI=1S/C37H31N2O.C23H24N.Ir/c1-23-18-25(20-37(3,4)5)14-15-27(23)32-19-34(39-22-24(32)2)31-13-9-12-29-30-17-16-28(26-10-7-6-8-11-26)33(21-38)36(30)40-35(29)31;1-17-10-12-20(14-21(17)19-8-6-5-7-9-19)22-13-11-18(16-24-22)15-23(2,3)4;/h6-12,14-19,22H,20H2,1-5H3;5-11,13-14,16H,15H2,1-4H3;/q2*-1;/i1D3,2D3,15D;1D3,15D2;. The molecule has 0 bridgehead atoms. The van der Waals surface area contributed by atoms with E-state index in [1.54, 1.807) is 42.6 Å². The van der Waals surface area contributed by atoms with Gasteiger partial charge in [0, 0.05) is 58.5 Å². The number of benzene rings is 6. The van der Waals surface area contributed by atoms with Crippen molar-refractivity contribution >= 4 is 21.9 Å². The Kier molecular flexibility index (Phi) is 9.85. The summed E-state index contributed by atoms with van der Waals surface area (Å²) in [7, 11) is 0.